The summed E-state index contributed by atoms with van der Waals surface area (Å²) in [5, 5.41) is 0. The van der Waals surface area contributed by atoms with Crippen molar-refractivity contribution in [3.63, 3.8) is 0 Å². The quantitative estimate of drug-likeness (QED) is 0.0263. The van der Waals surface area contributed by atoms with Crippen LogP contribution in [0.2, 0.25) is 0 Å². The molecule has 0 bridgehead atoms. The smallest absolute Gasteiger partial charge is 0.306 e. The van der Waals surface area contributed by atoms with Crippen molar-refractivity contribution in [2.45, 2.75) is 271 Å². The van der Waals surface area contributed by atoms with Crippen LogP contribution in [-0.4, -0.2) is 37.2 Å². The fourth-order valence-corrected chi connectivity index (χ4v) is 7.30. The molecule has 0 aromatic rings. The van der Waals surface area contributed by atoms with Crippen LogP contribution in [0.3, 0.4) is 0 Å². The summed E-state index contributed by atoms with van der Waals surface area (Å²) < 4.78 is 16.7. The predicted octanol–water partition coefficient (Wildman–Crippen LogP) is 16.5. The van der Waals surface area contributed by atoms with E-state index in [0.717, 1.165) is 89.9 Å². The molecule has 6 heteroatoms. The highest BCUT2D eigenvalue weighted by molar-refractivity contribution is 5.71. The summed E-state index contributed by atoms with van der Waals surface area (Å²) >= 11 is 0. The number of allylic oxidation sites excluding steroid dienone is 6. The van der Waals surface area contributed by atoms with Gasteiger partial charge in [-0.1, -0.05) is 211 Å². The van der Waals surface area contributed by atoms with Crippen LogP contribution in [0.15, 0.2) is 36.5 Å². The highest BCUT2D eigenvalue weighted by Crippen LogP contribution is 2.15. The van der Waals surface area contributed by atoms with Crippen LogP contribution in [0.5, 0.6) is 0 Å². The van der Waals surface area contributed by atoms with E-state index in [4.69, 9.17) is 14.2 Å². The van der Waals surface area contributed by atoms with E-state index in [1.807, 2.05) is 0 Å². The SMILES string of the molecule is CC/C=C\C/C=C\CCCCCCCC(=O)OC(COC(=O)CCCCCCCCC/C=C\CCCCCCCCCC)COC(=O)CCCCCCCCCCCC. The number of hydrogen-bond acceptors (Lipinski definition) is 6. The van der Waals surface area contributed by atoms with E-state index in [-0.39, 0.29) is 31.1 Å². The van der Waals surface area contributed by atoms with Crippen LogP contribution in [0.25, 0.3) is 0 Å². The van der Waals surface area contributed by atoms with Crippen molar-refractivity contribution in [3.8, 4) is 0 Å². The third-order valence-electron chi connectivity index (χ3n) is 11.1. The Morgan fingerprint density at radius 2 is 0.661 bits per heavy atom. The van der Waals surface area contributed by atoms with Crippen molar-refractivity contribution >= 4 is 17.9 Å². The number of carbonyl (C=O) groups excluding carboxylic acids is 3. The lowest BCUT2D eigenvalue weighted by molar-refractivity contribution is -0.167. The van der Waals surface area contributed by atoms with Crippen LogP contribution in [0.1, 0.15) is 265 Å². The summed E-state index contributed by atoms with van der Waals surface area (Å²) in [6, 6.07) is 0. The van der Waals surface area contributed by atoms with E-state index in [0.29, 0.717) is 19.3 Å². The van der Waals surface area contributed by atoms with Crippen LogP contribution < -0.4 is 0 Å². The lowest BCUT2D eigenvalue weighted by Gasteiger charge is -2.18. The molecule has 0 fully saturated rings. The van der Waals surface area contributed by atoms with E-state index in [2.05, 4.69) is 57.2 Å². The summed E-state index contributed by atoms with van der Waals surface area (Å²) in [7, 11) is 0. The second-order valence-corrected chi connectivity index (χ2v) is 17.1. The normalized spacial score (nSPS) is 12.3. The molecule has 0 aliphatic rings. The Kier molecular flexibility index (Phi) is 46.4. The van der Waals surface area contributed by atoms with Gasteiger partial charge in [-0.25, -0.2) is 0 Å². The number of hydrogen-bond donors (Lipinski definition) is 0. The lowest BCUT2D eigenvalue weighted by Crippen LogP contribution is -2.30. The van der Waals surface area contributed by atoms with Crippen molar-refractivity contribution in [2.24, 2.45) is 0 Å². The van der Waals surface area contributed by atoms with E-state index in [9.17, 15) is 14.4 Å². The molecule has 0 heterocycles. The molecule has 0 aliphatic heterocycles. The van der Waals surface area contributed by atoms with Gasteiger partial charge >= 0.3 is 17.9 Å². The maximum absolute atomic E-state index is 12.7. The van der Waals surface area contributed by atoms with Gasteiger partial charge in [-0.2, -0.15) is 0 Å². The van der Waals surface area contributed by atoms with Gasteiger partial charge in [0.25, 0.3) is 0 Å². The lowest BCUT2D eigenvalue weighted by atomic mass is 10.1. The molecule has 6 nitrogen and oxygen atoms in total. The zero-order valence-corrected chi connectivity index (χ0v) is 39.3. The Balaban J connectivity index is 4.29. The minimum absolute atomic E-state index is 0.0770. The van der Waals surface area contributed by atoms with Crippen molar-refractivity contribution < 1.29 is 28.6 Å². The first-order chi connectivity index (χ1) is 29.0. The zero-order valence-electron chi connectivity index (χ0n) is 39.3. The number of ether oxygens (including phenoxy) is 3. The van der Waals surface area contributed by atoms with Gasteiger partial charge in [-0.15, -0.1) is 0 Å². The Bertz CT molecular complexity index is 1000. The Labute approximate surface area is 365 Å². The highest BCUT2D eigenvalue weighted by Gasteiger charge is 2.19. The molecule has 0 radical (unpaired) electrons. The molecular weight excluding hydrogens is 733 g/mol. The Hall–Kier alpha value is -2.37. The fraction of sp³-hybridized carbons (Fsp3) is 0.830. The summed E-state index contributed by atoms with van der Waals surface area (Å²) in [6.45, 7) is 6.51. The van der Waals surface area contributed by atoms with E-state index in [1.165, 1.54) is 135 Å². The van der Waals surface area contributed by atoms with Gasteiger partial charge in [-0.05, 0) is 70.6 Å². The minimum atomic E-state index is -0.776. The van der Waals surface area contributed by atoms with Gasteiger partial charge in [0.1, 0.15) is 13.2 Å². The second kappa shape index (κ2) is 48.3. The second-order valence-electron chi connectivity index (χ2n) is 17.1. The first-order valence-electron chi connectivity index (χ1n) is 25.5. The molecule has 59 heavy (non-hydrogen) atoms. The Morgan fingerprint density at radius 1 is 0.356 bits per heavy atom. The van der Waals surface area contributed by atoms with Crippen molar-refractivity contribution in [1.82, 2.24) is 0 Å². The molecular formula is C53H96O6. The molecule has 0 aromatic heterocycles. The van der Waals surface area contributed by atoms with Crippen LogP contribution in [0, 0.1) is 0 Å². The van der Waals surface area contributed by atoms with Gasteiger partial charge in [0, 0.05) is 19.3 Å². The van der Waals surface area contributed by atoms with Gasteiger partial charge in [0.05, 0.1) is 0 Å². The molecule has 0 spiro atoms. The van der Waals surface area contributed by atoms with E-state index < -0.39 is 6.10 Å². The molecule has 1 unspecified atom stereocenters. The minimum Gasteiger partial charge on any atom is -0.462 e. The molecule has 0 rings (SSSR count). The van der Waals surface area contributed by atoms with E-state index in [1.54, 1.807) is 0 Å². The molecule has 0 aliphatic carbocycles. The van der Waals surface area contributed by atoms with Gasteiger partial charge in [0.15, 0.2) is 6.10 Å². The average molecular weight is 829 g/mol. The molecule has 1 atom stereocenters. The number of unbranched alkanes of at least 4 members (excludes halogenated alkanes) is 29. The first-order valence-corrected chi connectivity index (χ1v) is 25.5. The average Bonchev–Trinajstić information content (AvgIpc) is 3.23. The molecule has 344 valence electrons. The topological polar surface area (TPSA) is 78.9 Å². The van der Waals surface area contributed by atoms with E-state index >= 15 is 0 Å². The van der Waals surface area contributed by atoms with Gasteiger partial charge in [0.2, 0.25) is 0 Å². The maximum Gasteiger partial charge on any atom is 0.306 e. The van der Waals surface area contributed by atoms with Gasteiger partial charge in [-0.3, -0.25) is 14.4 Å². The molecule has 0 N–H and O–H groups in total. The van der Waals surface area contributed by atoms with Crippen LogP contribution in [0.4, 0.5) is 0 Å². The number of carbonyl (C=O) groups is 3. The first kappa shape index (κ1) is 56.6. The summed E-state index contributed by atoms with van der Waals surface area (Å²) in [5.74, 6) is -0.891. The zero-order chi connectivity index (χ0) is 43.0. The largest absolute Gasteiger partial charge is 0.462 e. The molecule has 0 saturated heterocycles. The third kappa shape index (κ3) is 46.5. The fourth-order valence-electron chi connectivity index (χ4n) is 7.30. The third-order valence-corrected chi connectivity index (χ3v) is 11.1. The number of rotatable bonds is 46. The number of esters is 3. The standard InChI is InChI=1S/C53H96O6/c1-4-7-10-13-16-19-22-24-25-26-27-28-29-30-32-34-37-40-43-46-52(55)58-49-50(48-57-51(54)45-42-39-36-33-21-18-15-12-9-6-3)59-53(56)47-44-41-38-35-31-23-20-17-14-11-8-5-2/h8,11,17,20,26-27,50H,4-7,9-10,12-16,18-19,21-25,28-49H2,1-3H3/b11-8-,20-17-,27-26-. The summed E-state index contributed by atoms with van der Waals surface area (Å²) in [4.78, 5) is 37.8. The Morgan fingerprint density at radius 3 is 1.03 bits per heavy atom. The van der Waals surface area contributed by atoms with Crippen molar-refractivity contribution in [3.05, 3.63) is 36.5 Å². The molecule has 0 aromatic carbocycles. The monoisotopic (exact) mass is 829 g/mol. The van der Waals surface area contributed by atoms with Gasteiger partial charge < -0.3 is 14.2 Å². The molecule has 0 saturated carbocycles. The summed E-state index contributed by atoms with van der Waals surface area (Å²) in [5.41, 5.74) is 0. The summed E-state index contributed by atoms with van der Waals surface area (Å²) in [6.07, 6.45) is 55.6. The molecule has 0 amide bonds. The van der Waals surface area contributed by atoms with Crippen LogP contribution >= 0.6 is 0 Å². The van der Waals surface area contributed by atoms with Crippen LogP contribution in [-0.2, 0) is 28.6 Å². The van der Waals surface area contributed by atoms with Crippen molar-refractivity contribution in [2.75, 3.05) is 13.2 Å². The predicted molar refractivity (Wildman–Crippen MR) is 252 cm³/mol. The highest BCUT2D eigenvalue weighted by atomic mass is 16.6. The maximum atomic E-state index is 12.7. The van der Waals surface area contributed by atoms with Crippen molar-refractivity contribution in [1.29, 1.82) is 0 Å².